The maximum atomic E-state index is 13.3. The lowest BCUT2D eigenvalue weighted by molar-refractivity contribution is -0.144. The number of fused-ring (bicyclic) bond motifs is 6. The van der Waals surface area contributed by atoms with E-state index in [0.717, 1.165) is 10.0 Å². The van der Waals surface area contributed by atoms with Crippen LogP contribution in [0.2, 0.25) is 15.1 Å². The Morgan fingerprint density at radius 3 is 1.10 bits per heavy atom. The molecule has 0 atom stereocenters. The van der Waals surface area contributed by atoms with E-state index < -0.39 is 22.8 Å². The number of hydrogen-bond acceptors (Lipinski definition) is 14. The van der Waals surface area contributed by atoms with Crippen molar-refractivity contribution >= 4 is 160 Å². The van der Waals surface area contributed by atoms with Crippen molar-refractivity contribution < 1.29 is 29.0 Å². The topological polar surface area (TPSA) is 237 Å². The van der Waals surface area contributed by atoms with E-state index in [1.54, 1.807) is 139 Å². The van der Waals surface area contributed by atoms with Gasteiger partial charge >= 0.3 is 17.9 Å². The highest BCUT2D eigenvalue weighted by Gasteiger charge is 2.27. The highest BCUT2D eigenvalue weighted by Crippen LogP contribution is 2.39. The van der Waals surface area contributed by atoms with Gasteiger partial charge in [-0.05, 0) is 145 Å². The average Bonchev–Trinajstić information content (AvgIpc) is 0.792. The maximum Gasteiger partial charge on any atom is 0.325 e. The molecule has 0 aliphatic heterocycles. The van der Waals surface area contributed by atoms with Crippen molar-refractivity contribution in [1.29, 1.82) is 15.8 Å². The number of aliphatic carboxylic acids is 1. The molecule has 23 heteroatoms. The van der Waals surface area contributed by atoms with E-state index >= 15 is 0 Å². The second kappa shape index (κ2) is 29.8. The molecule has 0 aliphatic rings. The summed E-state index contributed by atoms with van der Waals surface area (Å²) in [5, 5.41) is 40.7. The van der Waals surface area contributed by atoms with Crippen LogP contribution >= 0.6 is 50.7 Å². The van der Waals surface area contributed by atoms with Gasteiger partial charge < -0.3 is 43.0 Å². The first kappa shape index (κ1) is 72.2. The highest BCUT2D eigenvalue weighted by molar-refractivity contribution is 9.10. The summed E-state index contributed by atoms with van der Waals surface area (Å²) < 4.78 is 16.3. The third kappa shape index (κ3) is 15.2. The van der Waals surface area contributed by atoms with Gasteiger partial charge in [-0.1, -0.05) is 62.9 Å². The molecule has 90 heavy (non-hydrogen) atoms. The molecule has 3 aromatic heterocycles. The van der Waals surface area contributed by atoms with Gasteiger partial charge in [-0.25, -0.2) is 0 Å². The molecule has 0 fully saturated rings. The Balaban J connectivity index is 0.000000235. The van der Waals surface area contributed by atoms with Gasteiger partial charge in [0.05, 0.1) is 107 Å². The van der Waals surface area contributed by atoms with E-state index in [2.05, 4.69) is 28.1 Å². The lowest BCUT2D eigenvalue weighted by Gasteiger charge is -2.23. The summed E-state index contributed by atoms with van der Waals surface area (Å²) in [5.74, 6) is -1.64. The first-order valence-electron chi connectivity index (χ1n) is 28.1. The van der Waals surface area contributed by atoms with E-state index in [9.17, 15) is 44.4 Å². The summed E-state index contributed by atoms with van der Waals surface area (Å²) in [7, 11) is 10.9. The second-order valence-corrected chi connectivity index (χ2v) is 24.8. The molecule has 0 aliphatic carbocycles. The van der Waals surface area contributed by atoms with Crippen LogP contribution in [0.4, 0.5) is 17.1 Å². The number of anilines is 3. The first-order chi connectivity index (χ1) is 41.8. The first-order valence-corrected chi connectivity index (χ1v) is 30.0. The van der Waals surface area contributed by atoms with Gasteiger partial charge in [0.1, 0.15) is 19.6 Å². The van der Waals surface area contributed by atoms with Gasteiger partial charge in [0.15, 0.2) is 16.3 Å². The van der Waals surface area contributed by atoms with E-state index in [1.807, 2.05) is 83.9 Å². The number of nitriles is 3. The van der Waals surface area contributed by atoms with Gasteiger partial charge in [0, 0.05) is 93.4 Å². The zero-order valence-electron chi connectivity index (χ0n) is 52.6. The van der Waals surface area contributed by atoms with Gasteiger partial charge in [-0.15, -0.1) is 0 Å². The van der Waals surface area contributed by atoms with Crippen LogP contribution in [-0.4, -0.2) is 101 Å². The fraction of sp³-hybridized carbons (Fsp3) is 0.328. The van der Waals surface area contributed by atoms with Crippen molar-refractivity contribution in [1.82, 2.24) is 13.7 Å². The van der Waals surface area contributed by atoms with Crippen LogP contribution in [0.15, 0.2) is 110 Å². The highest BCUT2D eigenvalue weighted by atomic mass is 79.9. The fourth-order valence-electron chi connectivity index (χ4n) is 10.1. The summed E-state index contributed by atoms with van der Waals surface area (Å²) >= 11 is 22.7. The van der Waals surface area contributed by atoms with Crippen LogP contribution in [0, 0.1) is 39.9 Å². The number of carbonyl (C=O) groups excluding carboxylic acids is 2. The predicted molar refractivity (Wildman–Crippen MR) is 367 cm³/mol. The van der Waals surface area contributed by atoms with Crippen LogP contribution in [-0.2, 0) is 54.3 Å². The van der Waals surface area contributed by atoms with Crippen molar-refractivity contribution in [3.05, 3.63) is 152 Å². The van der Waals surface area contributed by atoms with Gasteiger partial charge in [-0.3, -0.25) is 28.8 Å². The molecule has 6 aromatic carbocycles. The molecule has 0 unspecified atom stereocenters. The minimum Gasteiger partial charge on any atom is -0.480 e. The van der Waals surface area contributed by atoms with Gasteiger partial charge in [0.25, 0.3) is 0 Å². The van der Waals surface area contributed by atoms with Gasteiger partial charge in [0.2, 0.25) is 0 Å². The van der Waals surface area contributed by atoms with Gasteiger partial charge in [-0.2, -0.15) is 15.8 Å². The lowest BCUT2D eigenvalue weighted by Crippen LogP contribution is -2.22. The lowest BCUT2D eigenvalue weighted by atomic mass is 9.85. The second-order valence-electron chi connectivity index (χ2n) is 22.7. The number of esters is 2. The van der Waals surface area contributed by atoms with Crippen molar-refractivity contribution in [3.8, 4) is 18.2 Å². The van der Waals surface area contributed by atoms with E-state index in [0.29, 0.717) is 110 Å². The summed E-state index contributed by atoms with van der Waals surface area (Å²) in [6.07, 6.45) is 0. The number of carbonyl (C=O) groups is 3. The van der Waals surface area contributed by atoms with Crippen LogP contribution < -0.4 is 31.0 Å². The Bertz CT molecular complexity index is 4620. The number of pyridine rings is 3. The summed E-state index contributed by atoms with van der Waals surface area (Å²) in [6, 6.07) is 32.4. The molecule has 0 saturated carbocycles. The van der Waals surface area contributed by atoms with E-state index in [-0.39, 0.29) is 62.8 Å². The zero-order valence-corrected chi connectivity index (χ0v) is 56.5. The average molecular weight is 1340 g/mol. The van der Waals surface area contributed by atoms with E-state index in [4.69, 9.17) is 49.5 Å². The molecule has 1 N–H and O–H groups in total. The van der Waals surface area contributed by atoms with Crippen molar-refractivity contribution in [2.24, 2.45) is 5.92 Å². The number of benzene rings is 6. The quantitative estimate of drug-likeness (QED) is 0.0642. The number of carboxylic acid groups (broad SMARTS) is 1. The Labute approximate surface area is 547 Å². The van der Waals surface area contributed by atoms with Crippen LogP contribution in [0.25, 0.3) is 65.4 Å². The Morgan fingerprint density at radius 1 is 0.533 bits per heavy atom. The fourth-order valence-corrected chi connectivity index (χ4v) is 11.4. The van der Waals surface area contributed by atoms with Crippen LogP contribution in [0.3, 0.4) is 0 Å². The number of aromatic nitrogens is 3. The minimum absolute atomic E-state index is 0. The molecular formula is C67H69BBrCl3N9O9. The Kier molecular flexibility index (Phi) is 23.9. The SMILES string of the molecule is CC(C)C#N.CCOC(=O)Cn1c2cc(Br)ccc2c(=O)c2ccc(Cl)c(N(C)C)c21.CCOC(=O)Cn1c2cc(C(C)(C)C#N)ccc2c(=O)c2ccc(Cl)c(N(C)C)c21.CN(C)c1c(Cl)ccc2c(=O)c3ccc(C(C)(C)C#N)cc3n(CC(=O)O)c12.[B]. The molecule has 3 radical (unpaired) electrons. The Morgan fingerprint density at radius 2 is 0.822 bits per heavy atom. The molecule has 0 bridgehead atoms. The summed E-state index contributed by atoms with van der Waals surface area (Å²) in [5.41, 5.74) is 4.68. The number of rotatable bonds is 13. The van der Waals surface area contributed by atoms with Crippen LogP contribution in [0.1, 0.15) is 66.5 Å². The molecule has 3 heterocycles. The number of nitrogens with zero attached hydrogens (tertiary/aromatic N) is 9. The maximum absolute atomic E-state index is 13.3. The van der Waals surface area contributed by atoms with Crippen molar-refractivity contribution in [2.75, 3.05) is 70.2 Å². The third-order valence-electron chi connectivity index (χ3n) is 14.5. The molecule has 0 spiro atoms. The summed E-state index contributed by atoms with van der Waals surface area (Å²) in [4.78, 5) is 81.3. The predicted octanol–water partition coefficient (Wildman–Crippen LogP) is 13.0. The largest absolute Gasteiger partial charge is 0.480 e. The molecule has 9 rings (SSSR count). The molecule has 18 nitrogen and oxygen atoms in total. The summed E-state index contributed by atoms with van der Waals surface area (Å²) in [6.45, 7) is 14.5. The Hall–Kier alpha value is -8.58. The molecule has 467 valence electrons. The molecule has 0 amide bonds. The minimum atomic E-state index is -1.04. The number of carboxylic acids is 1. The van der Waals surface area contributed by atoms with E-state index in [1.165, 1.54) is 0 Å². The van der Waals surface area contributed by atoms with Crippen molar-refractivity contribution in [3.63, 3.8) is 0 Å². The number of hydrogen-bond donors (Lipinski definition) is 1. The zero-order chi connectivity index (χ0) is 66.3. The smallest absolute Gasteiger partial charge is 0.325 e. The number of ether oxygens (including phenoxy) is 2. The normalized spacial score (nSPS) is 11.1. The number of halogens is 4. The van der Waals surface area contributed by atoms with Crippen molar-refractivity contribution in [2.45, 2.75) is 85.9 Å². The molecule has 9 aromatic rings. The third-order valence-corrected chi connectivity index (χ3v) is 15.9. The monoisotopic (exact) mass is 1340 g/mol. The van der Waals surface area contributed by atoms with Crippen LogP contribution in [0.5, 0.6) is 0 Å². The standard InChI is InChI=1S/C23H24ClN3O3.C21H20ClN3O3.C19H18BrClN2O3.C4H7N.B/c1-6-30-19(28)12-27-18-11-14(23(2,3)13-25)7-8-15(18)22(29)16-9-10-17(24)21(20(16)27)26(4)5;1-21(2,11-23)12-5-6-13-16(9-12)25(10-17(26)27)18-14(20(13)28)7-8-15(22)19(18)24(3)4;1-4-26-16(24)10-23-15-9-11(20)5-6-12(15)19(25)13-7-8-14(21)18(17(13)23)22(2)3;1-4(2)3-5;/h7-11H,6,12H2,1-5H3;5-9H,10H2,1-4H3,(H,26,27);5-9H,4,10H2,1-3H3;4H,1-2H3;. The molecular weight excluding hydrogens is 1270 g/mol. The molecule has 0 saturated heterocycles.